The van der Waals surface area contributed by atoms with Gasteiger partial charge in [0.25, 0.3) is 0 Å². The molecule has 0 spiro atoms. The van der Waals surface area contributed by atoms with Crippen LogP contribution in [0.2, 0.25) is 0 Å². The third-order valence-electron chi connectivity index (χ3n) is 4.26. The zero-order chi connectivity index (χ0) is 20.1. The molecule has 0 radical (unpaired) electrons. The van der Waals surface area contributed by atoms with Crippen molar-refractivity contribution >= 4 is 29.0 Å². The first-order chi connectivity index (χ1) is 13.5. The lowest BCUT2D eigenvalue weighted by Gasteiger charge is -2.15. The predicted octanol–water partition coefficient (Wildman–Crippen LogP) is 4.07. The summed E-state index contributed by atoms with van der Waals surface area (Å²) >= 11 is 1.42. The van der Waals surface area contributed by atoms with Crippen LogP contribution in [0.3, 0.4) is 0 Å². The zero-order valence-electron chi connectivity index (χ0n) is 16.4. The predicted molar refractivity (Wildman–Crippen MR) is 115 cm³/mol. The number of hydrogen-bond acceptors (Lipinski definition) is 5. The fourth-order valence-corrected chi connectivity index (χ4v) is 3.50. The molecule has 0 fully saturated rings. The number of nitrogens with zero attached hydrogens (tertiary/aromatic N) is 3. The van der Waals surface area contributed by atoms with E-state index in [1.807, 2.05) is 85.2 Å². The number of amides is 1. The molecule has 146 valence electrons. The molecule has 0 unspecified atom stereocenters. The van der Waals surface area contributed by atoms with Gasteiger partial charge >= 0.3 is 0 Å². The highest BCUT2D eigenvalue weighted by molar-refractivity contribution is 8.00. The van der Waals surface area contributed by atoms with Crippen molar-refractivity contribution in [1.82, 2.24) is 9.55 Å². The van der Waals surface area contributed by atoms with Crippen molar-refractivity contribution < 1.29 is 9.53 Å². The van der Waals surface area contributed by atoms with E-state index < -0.39 is 0 Å². The molecule has 3 aromatic rings. The molecule has 1 atom stereocenters. The van der Waals surface area contributed by atoms with Crippen molar-refractivity contribution in [3.63, 3.8) is 0 Å². The van der Waals surface area contributed by atoms with Crippen LogP contribution in [-0.4, -0.2) is 41.9 Å². The van der Waals surface area contributed by atoms with E-state index in [2.05, 4.69) is 10.3 Å². The minimum atomic E-state index is -0.298. The largest absolute Gasteiger partial charge is 0.497 e. The molecule has 2 aromatic carbocycles. The van der Waals surface area contributed by atoms with E-state index in [1.165, 1.54) is 11.8 Å². The second-order valence-corrected chi connectivity index (χ2v) is 7.78. The van der Waals surface area contributed by atoms with Gasteiger partial charge in [-0.05, 0) is 55.5 Å². The highest BCUT2D eigenvalue weighted by Crippen LogP contribution is 2.26. The lowest BCUT2D eigenvalue weighted by atomic mass is 10.2. The maximum absolute atomic E-state index is 12.6. The summed E-state index contributed by atoms with van der Waals surface area (Å²) in [7, 11) is 5.61. The number of benzene rings is 2. The first-order valence-corrected chi connectivity index (χ1v) is 9.78. The van der Waals surface area contributed by atoms with Crippen molar-refractivity contribution in [2.45, 2.75) is 17.3 Å². The Labute approximate surface area is 169 Å². The van der Waals surface area contributed by atoms with Gasteiger partial charge in [0.1, 0.15) is 5.75 Å². The van der Waals surface area contributed by atoms with Crippen LogP contribution in [0.15, 0.2) is 66.1 Å². The van der Waals surface area contributed by atoms with Gasteiger partial charge in [-0.15, -0.1) is 0 Å². The normalized spacial score (nSPS) is 11.7. The molecule has 1 amide bonds. The SMILES string of the molecule is COc1ccc(-n2ccnc2S[C@H](C)C(=O)Nc2ccc(N(C)C)cc2)cc1. The number of nitrogens with one attached hydrogen (secondary N) is 1. The van der Waals surface area contributed by atoms with Crippen LogP contribution in [0, 0.1) is 0 Å². The fraction of sp³-hybridized carbons (Fsp3) is 0.238. The smallest absolute Gasteiger partial charge is 0.237 e. The third kappa shape index (κ3) is 4.67. The molecule has 3 rings (SSSR count). The minimum Gasteiger partial charge on any atom is -0.497 e. The maximum Gasteiger partial charge on any atom is 0.237 e. The molecule has 7 heteroatoms. The number of carbonyl (C=O) groups is 1. The number of rotatable bonds is 7. The number of imidazole rings is 1. The quantitative estimate of drug-likeness (QED) is 0.610. The fourth-order valence-electron chi connectivity index (χ4n) is 2.61. The summed E-state index contributed by atoms with van der Waals surface area (Å²) in [5.74, 6) is 0.734. The van der Waals surface area contributed by atoms with Gasteiger partial charge in [-0.25, -0.2) is 4.98 Å². The van der Waals surface area contributed by atoms with Gasteiger partial charge in [0.15, 0.2) is 5.16 Å². The van der Waals surface area contributed by atoms with Crippen molar-refractivity contribution in [1.29, 1.82) is 0 Å². The number of aromatic nitrogens is 2. The maximum atomic E-state index is 12.6. The summed E-state index contributed by atoms with van der Waals surface area (Å²) in [6.45, 7) is 1.88. The molecule has 28 heavy (non-hydrogen) atoms. The minimum absolute atomic E-state index is 0.0631. The van der Waals surface area contributed by atoms with Gasteiger partial charge in [0.05, 0.1) is 12.4 Å². The number of methoxy groups -OCH3 is 1. The van der Waals surface area contributed by atoms with Crippen LogP contribution in [0.4, 0.5) is 11.4 Å². The summed E-state index contributed by atoms with van der Waals surface area (Å²) in [5, 5.41) is 3.42. The number of thioether (sulfide) groups is 1. The zero-order valence-corrected chi connectivity index (χ0v) is 17.2. The molecular weight excluding hydrogens is 372 g/mol. The highest BCUT2D eigenvalue weighted by atomic mass is 32.2. The molecule has 0 saturated carbocycles. The van der Waals surface area contributed by atoms with Crippen LogP contribution >= 0.6 is 11.8 Å². The van der Waals surface area contributed by atoms with Gasteiger partial charge in [0, 0.05) is 43.6 Å². The van der Waals surface area contributed by atoms with E-state index in [-0.39, 0.29) is 11.2 Å². The number of carbonyl (C=O) groups excluding carboxylic acids is 1. The Morgan fingerprint density at radius 1 is 1.14 bits per heavy atom. The van der Waals surface area contributed by atoms with E-state index >= 15 is 0 Å². The van der Waals surface area contributed by atoms with Crippen LogP contribution in [0.1, 0.15) is 6.92 Å². The first kappa shape index (κ1) is 19.8. The molecule has 1 N–H and O–H groups in total. The Hall–Kier alpha value is -2.93. The van der Waals surface area contributed by atoms with Crippen molar-refractivity contribution in [2.24, 2.45) is 0 Å². The second kappa shape index (κ2) is 8.84. The van der Waals surface area contributed by atoms with E-state index in [0.717, 1.165) is 28.0 Å². The van der Waals surface area contributed by atoms with Crippen LogP contribution in [-0.2, 0) is 4.79 Å². The molecule has 6 nitrogen and oxygen atoms in total. The molecule has 0 bridgehead atoms. The van der Waals surface area contributed by atoms with Crippen LogP contribution < -0.4 is 15.0 Å². The average molecular weight is 397 g/mol. The van der Waals surface area contributed by atoms with Gasteiger partial charge in [-0.3, -0.25) is 9.36 Å². The Morgan fingerprint density at radius 2 is 1.82 bits per heavy atom. The van der Waals surface area contributed by atoms with Crippen molar-refractivity contribution in [3.05, 3.63) is 60.9 Å². The summed E-state index contributed by atoms with van der Waals surface area (Å²) < 4.78 is 7.16. The van der Waals surface area contributed by atoms with Gasteiger partial charge in [-0.1, -0.05) is 11.8 Å². The standard InChI is InChI=1S/C21H24N4O2S/c1-15(20(26)23-16-5-7-17(8-6-16)24(2)3)28-21-22-13-14-25(21)18-9-11-19(27-4)12-10-18/h5-15H,1-4H3,(H,23,26)/t15-/m1/s1. The molecule has 0 aliphatic heterocycles. The Morgan fingerprint density at radius 3 is 2.43 bits per heavy atom. The van der Waals surface area contributed by atoms with E-state index in [4.69, 9.17) is 4.74 Å². The number of hydrogen-bond donors (Lipinski definition) is 1. The summed E-state index contributed by atoms with van der Waals surface area (Å²) in [5.41, 5.74) is 2.83. The van der Waals surface area contributed by atoms with E-state index in [9.17, 15) is 4.79 Å². The van der Waals surface area contributed by atoms with Gasteiger partial charge in [-0.2, -0.15) is 0 Å². The van der Waals surface area contributed by atoms with Crippen LogP contribution in [0.25, 0.3) is 5.69 Å². The molecule has 1 aromatic heterocycles. The molecule has 0 aliphatic carbocycles. The summed E-state index contributed by atoms with van der Waals surface area (Å²) in [6, 6.07) is 15.5. The number of anilines is 2. The monoisotopic (exact) mass is 396 g/mol. The third-order valence-corrected chi connectivity index (χ3v) is 5.34. The van der Waals surface area contributed by atoms with Gasteiger partial charge < -0.3 is 15.0 Å². The summed E-state index contributed by atoms with van der Waals surface area (Å²) in [6.07, 6.45) is 3.62. The number of ether oxygens (including phenoxy) is 1. The summed E-state index contributed by atoms with van der Waals surface area (Å²) in [4.78, 5) is 19.0. The molecule has 0 saturated heterocycles. The van der Waals surface area contributed by atoms with Crippen molar-refractivity contribution in [2.75, 3.05) is 31.4 Å². The highest BCUT2D eigenvalue weighted by Gasteiger charge is 2.18. The molecule has 1 heterocycles. The Bertz CT molecular complexity index is 920. The molecular formula is C21H24N4O2S. The second-order valence-electron chi connectivity index (χ2n) is 6.47. The lowest BCUT2D eigenvalue weighted by molar-refractivity contribution is -0.115. The van der Waals surface area contributed by atoms with E-state index in [0.29, 0.717) is 0 Å². The topological polar surface area (TPSA) is 59.4 Å². The van der Waals surface area contributed by atoms with E-state index in [1.54, 1.807) is 13.3 Å². The Balaban J connectivity index is 1.66. The average Bonchev–Trinajstić information content (AvgIpc) is 3.16. The van der Waals surface area contributed by atoms with Crippen LogP contribution in [0.5, 0.6) is 5.75 Å². The lowest BCUT2D eigenvalue weighted by Crippen LogP contribution is -2.22. The Kier molecular flexibility index (Phi) is 6.26. The first-order valence-electron chi connectivity index (χ1n) is 8.90. The van der Waals surface area contributed by atoms with Crippen molar-refractivity contribution in [3.8, 4) is 11.4 Å². The molecule has 0 aliphatic rings. The van der Waals surface area contributed by atoms with Gasteiger partial charge in [0.2, 0.25) is 5.91 Å².